The third kappa shape index (κ3) is 56.1. The maximum Gasteiger partial charge on any atom is 0.326 e. The number of carbonyl (C=O) groups excluding carboxylic acids is 9. The summed E-state index contributed by atoms with van der Waals surface area (Å²) in [5.74, 6) is -5.35. The van der Waals surface area contributed by atoms with E-state index in [0.29, 0.717) is 70.9 Å². The molecule has 32 heteroatoms. The van der Waals surface area contributed by atoms with Gasteiger partial charge in [0.05, 0.1) is 64.0 Å². The highest BCUT2D eigenvalue weighted by atomic mass is 32.2. The highest BCUT2D eigenvalue weighted by molar-refractivity contribution is 7.85. The number of phenols is 1. The van der Waals surface area contributed by atoms with E-state index < -0.39 is 70.0 Å². The van der Waals surface area contributed by atoms with Gasteiger partial charge in [-0.05, 0) is 108 Å². The Hall–Kier alpha value is -7.07. The van der Waals surface area contributed by atoms with Gasteiger partial charge >= 0.3 is 11.9 Å². The summed E-state index contributed by atoms with van der Waals surface area (Å²) < 4.78 is 52.1. The van der Waals surface area contributed by atoms with Crippen LogP contribution in [0.15, 0.2) is 29.3 Å². The predicted octanol–water partition coefficient (Wildman–Crippen LogP) is 4.20. The minimum absolute atomic E-state index is 0.00511. The molecule has 0 saturated carbocycles. The van der Waals surface area contributed by atoms with E-state index in [1.165, 1.54) is 19.1 Å². The number of hydrogen-bond acceptors (Lipinski definition) is 21. The van der Waals surface area contributed by atoms with Crippen LogP contribution < -0.4 is 48.7 Å². The van der Waals surface area contributed by atoms with Crippen molar-refractivity contribution in [3.63, 3.8) is 0 Å². The Kier molecular flexibility index (Phi) is 54.0. The fourth-order valence-electron chi connectivity index (χ4n) is 10.8. The number of aliphatic imine (C=N–C) groups is 1. The molecular formula is C71H122N10O21S. The minimum atomic E-state index is -3.87. The highest BCUT2D eigenvalue weighted by Gasteiger charge is 2.26. The van der Waals surface area contributed by atoms with Crippen LogP contribution in [0.25, 0.3) is 0 Å². The van der Waals surface area contributed by atoms with Crippen molar-refractivity contribution in [2.75, 3.05) is 91.3 Å². The molecule has 0 aliphatic rings. The molecule has 0 bridgehead atoms. The van der Waals surface area contributed by atoms with Gasteiger partial charge in [0, 0.05) is 70.8 Å². The number of nitrogens with one attached hydrogen (secondary N) is 7. The molecule has 588 valence electrons. The Labute approximate surface area is 608 Å². The lowest BCUT2D eigenvalue weighted by Crippen LogP contribution is -2.47. The van der Waals surface area contributed by atoms with Crippen molar-refractivity contribution in [3.8, 4) is 5.75 Å². The topological polar surface area (TPSA) is 488 Å². The monoisotopic (exact) mass is 1480 g/mol. The Balaban J connectivity index is 2.24. The van der Waals surface area contributed by atoms with Crippen LogP contribution >= 0.6 is 0 Å². The van der Waals surface area contributed by atoms with Crippen molar-refractivity contribution in [2.45, 2.75) is 244 Å². The second kappa shape index (κ2) is 59.2. The number of ketones is 4. The van der Waals surface area contributed by atoms with Gasteiger partial charge in [-0.3, -0.25) is 52.7 Å². The zero-order valence-corrected chi connectivity index (χ0v) is 61.9. The molecule has 0 spiro atoms. The average molecular weight is 1480 g/mol. The zero-order valence-electron chi connectivity index (χ0n) is 61.1. The quantitative estimate of drug-likeness (QED) is 0.0188. The van der Waals surface area contributed by atoms with Crippen LogP contribution in [-0.2, 0) is 88.2 Å². The molecule has 15 N–H and O–H groups in total. The molecule has 5 amide bonds. The first-order valence-electron chi connectivity index (χ1n) is 36.6. The number of aromatic hydroxyl groups is 1. The van der Waals surface area contributed by atoms with Crippen LogP contribution in [-0.4, -0.2) is 220 Å². The van der Waals surface area contributed by atoms with Crippen molar-refractivity contribution >= 4 is 80.7 Å². The summed E-state index contributed by atoms with van der Waals surface area (Å²) in [5.41, 5.74) is 11.7. The lowest BCUT2D eigenvalue weighted by Gasteiger charge is -2.23. The lowest BCUT2D eigenvalue weighted by atomic mass is 10.0. The van der Waals surface area contributed by atoms with Crippen LogP contribution in [0.2, 0.25) is 0 Å². The smallest absolute Gasteiger partial charge is 0.326 e. The number of hydrogen-bond donors (Lipinski definition) is 13. The largest absolute Gasteiger partial charge is 0.508 e. The van der Waals surface area contributed by atoms with E-state index in [1.807, 2.05) is 13.8 Å². The molecule has 0 saturated heterocycles. The van der Waals surface area contributed by atoms with Gasteiger partial charge in [0.25, 0.3) is 10.1 Å². The fourth-order valence-corrected chi connectivity index (χ4v) is 11.4. The van der Waals surface area contributed by atoms with Gasteiger partial charge in [0.2, 0.25) is 29.5 Å². The molecule has 0 aliphatic carbocycles. The number of carboxylic acid groups (broad SMARTS) is 2. The number of amides is 5. The van der Waals surface area contributed by atoms with Crippen LogP contribution in [0.1, 0.15) is 213 Å². The van der Waals surface area contributed by atoms with Crippen LogP contribution in [0.5, 0.6) is 5.75 Å². The normalized spacial score (nSPS) is 12.9. The Morgan fingerprint density at radius 3 is 1.59 bits per heavy atom. The number of carboxylic acids is 2. The number of Topliss-reactive ketones (excluding diaryl/α,β-unsaturated/α-hetero) is 4. The molecule has 103 heavy (non-hydrogen) atoms. The molecule has 1 aromatic rings. The van der Waals surface area contributed by atoms with Crippen molar-refractivity contribution in [2.24, 2.45) is 22.4 Å². The molecule has 0 unspecified atom stereocenters. The third-order valence-electron chi connectivity index (χ3n) is 16.4. The highest BCUT2D eigenvalue weighted by Crippen LogP contribution is 2.16. The van der Waals surface area contributed by atoms with E-state index in [9.17, 15) is 76.5 Å². The Morgan fingerprint density at radius 2 is 1.01 bits per heavy atom. The summed E-state index contributed by atoms with van der Waals surface area (Å²) in [4.78, 5) is 142. The molecule has 31 nitrogen and oxygen atoms in total. The van der Waals surface area contributed by atoms with Crippen molar-refractivity contribution < 1.29 is 100.0 Å². The number of nitrogens with two attached hydrogens (primary N) is 2. The van der Waals surface area contributed by atoms with Gasteiger partial charge in [0.1, 0.15) is 36.8 Å². The number of guanidine groups is 1. The van der Waals surface area contributed by atoms with Crippen LogP contribution in [0.3, 0.4) is 0 Å². The Morgan fingerprint density at radius 1 is 0.485 bits per heavy atom. The number of nitrogens with zero attached hydrogens (tertiary/aromatic N) is 1. The second-order valence-corrected chi connectivity index (χ2v) is 27.9. The number of carbonyl (C=O) groups is 11. The molecule has 0 aliphatic heterocycles. The summed E-state index contributed by atoms with van der Waals surface area (Å²) in [6, 6.07) is 1.88. The van der Waals surface area contributed by atoms with Crippen LogP contribution in [0, 0.1) is 5.92 Å². The van der Waals surface area contributed by atoms with Gasteiger partial charge in [-0.1, -0.05) is 103 Å². The zero-order chi connectivity index (χ0) is 76.5. The van der Waals surface area contributed by atoms with Gasteiger partial charge in [-0.15, -0.1) is 0 Å². The first-order valence-corrected chi connectivity index (χ1v) is 38.2. The van der Waals surface area contributed by atoms with Crippen molar-refractivity contribution in [3.05, 3.63) is 29.8 Å². The van der Waals surface area contributed by atoms with Gasteiger partial charge in [-0.2, -0.15) is 8.42 Å². The molecule has 0 aromatic heterocycles. The average Bonchev–Trinajstić information content (AvgIpc) is 0.914. The Bertz CT molecular complexity index is 2780. The standard InChI is InChI=1S/C71H122N10O21S/c1-52(2)45-58(85)48-78-59(63(86)49-77-55(23-21-36-76-71(72)73)47-67(90)81-62(53(3)82)46-54-29-31-56(83)32-30-54)25-18-19-35-74-68(91)51-102-43-40-99-38-22-24-57(84)50-101-42-41-100-39-37-75-64(87)34-33-61(70(94)95)80-66(89)28-17-16-26-60(69(92)93)79-65(88)27-15-13-11-9-7-5-4-6-8-10-12-14-20-44-103(96,97)98/h29-32,52,55,59-62,77-78,83H,4-28,33-51H2,1-3H3,(H,74,91)(H,75,87)(H,79,88)(H,80,89)(H,81,90)(H,92,93)(H,94,95)(H4,72,73,76)(H,96,97,98)/t55-,59-,60-,61-,62-/m0/s1. The maximum absolute atomic E-state index is 13.7. The summed E-state index contributed by atoms with van der Waals surface area (Å²) in [6.07, 6.45) is 16.2. The van der Waals surface area contributed by atoms with E-state index in [2.05, 4.69) is 42.2 Å². The van der Waals surface area contributed by atoms with Gasteiger partial charge in [-0.25, -0.2) is 9.59 Å². The number of unbranched alkanes of at least 4 members (excludes halogenated alkanes) is 14. The summed E-state index contributed by atoms with van der Waals surface area (Å²) in [6.45, 7) is 6.49. The summed E-state index contributed by atoms with van der Waals surface area (Å²) >= 11 is 0. The van der Waals surface area contributed by atoms with E-state index in [4.69, 9.17) is 35.0 Å². The number of benzene rings is 1. The van der Waals surface area contributed by atoms with E-state index in [0.717, 1.165) is 76.2 Å². The van der Waals surface area contributed by atoms with Gasteiger partial charge in [0.15, 0.2) is 23.3 Å². The summed E-state index contributed by atoms with van der Waals surface area (Å²) in [7, 11) is -3.87. The summed E-state index contributed by atoms with van der Waals surface area (Å²) in [5, 5.41) is 48.4. The maximum atomic E-state index is 13.7. The number of ether oxygens (including phenoxy) is 4. The number of aliphatic carboxylic acids is 2. The van der Waals surface area contributed by atoms with Gasteiger partial charge < -0.3 is 83.0 Å². The molecule has 1 aromatic carbocycles. The molecular weight excluding hydrogens is 1360 g/mol. The molecule has 5 atom stereocenters. The van der Waals surface area contributed by atoms with Crippen LogP contribution in [0.4, 0.5) is 0 Å². The molecule has 0 radical (unpaired) electrons. The predicted molar refractivity (Wildman–Crippen MR) is 387 cm³/mol. The molecule has 0 fully saturated rings. The lowest BCUT2D eigenvalue weighted by molar-refractivity contribution is -0.142. The molecule has 0 heterocycles. The minimum Gasteiger partial charge on any atom is -0.508 e. The van der Waals surface area contributed by atoms with E-state index >= 15 is 0 Å². The second-order valence-electron chi connectivity index (χ2n) is 26.4. The fraction of sp³-hybridized carbons (Fsp3) is 0.746. The number of rotatable bonds is 69. The van der Waals surface area contributed by atoms with E-state index in [-0.39, 0.29) is 195 Å². The third-order valence-corrected chi connectivity index (χ3v) is 17.3. The SMILES string of the molecule is CC(=O)[C@H](Cc1ccc(O)cc1)NC(=O)C[C@H](CCCN=C(N)N)NCC(=O)[C@H](CCCCNC(=O)COCCOCCCC(=O)COCCOCCNC(=O)CC[C@H](NC(=O)CCCC[C@H](NC(=O)CCCCCCCCCCCCCCCS(=O)(=O)O)C(=O)O)C(=O)O)NCC(=O)CC(C)C. The molecule has 1 rings (SSSR count). The first kappa shape index (κ1) is 93.9. The van der Waals surface area contributed by atoms with E-state index in [1.54, 1.807) is 12.1 Å². The number of phenolic OH excluding ortho intramolecular Hbond substituents is 1. The van der Waals surface area contributed by atoms with Crippen molar-refractivity contribution in [1.29, 1.82) is 0 Å². The first-order chi connectivity index (χ1) is 49.1. The van der Waals surface area contributed by atoms with Crippen molar-refractivity contribution in [1.82, 2.24) is 37.2 Å².